The van der Waals surface area contributed by atoms with E-state index in [9.17, 15) is 4.39 Å². The zero-order valence-electron chi connectivity index (χ0n) is 8.49. The molecule has 16 heavy (non-hydrogen) atoms. The second-order valence-corrected chi connectivity index (χ2v) is 3.95. The molecule has 84 valence electrons. The van der Waals surface area contributed by atoms with Crippen LogP contribution in [0.2, 0.25) is 5.22 Å². The summed E-state index contributed by atoms with van der Waals surface area (Å²) in [5.74, 6) is 0.344. The van der Waals surface area contributed by atoms with Gasteiger partial charge in [-0.2, -0.15) is 0 Å². The highest BCUT2D eigenvalue weighted by atomic mass is 35.5. The van der Waals surface area contributed by atoms with Crippen molar-refractivity contribution in [1.29, 1.82) is 0 Å². The summed E-state index contributed by atoms with van der Waals surface area (Å²) in [5.41, 5.74) is 6.75. The average Bonchev–Trinajstić information content (AvgIpc) is 2.65. The van der Waals surface area contributed by atoms with Gasteiger partial charge in [-0.3, -0.25) is 0 Å². The first-order chi connectivity index (χ1) is 7.65. The minimum Gasteiger partial charge on any atom is -0.448 e. The van der Waals surface area contributed by atoms with Gasteiger partial charge in [0.05, 0.1) is 6.04 Å². The first kappa shape index (κ1) is 11.2. The zero-order valence-corrected chi connectivity index (χ0v) is 9.25. The molecule has 0 aliphatic carbocycles. The minimum atomic E-state index is -0.311. The van der Waals surface area contributed by atoms with Crippen LogP contribution in [-0.4, -0.2) is 0 Å². The molecule has 0 fully saturated rings. The van der Waals surface area contributed by atoms with Crippen LogP contribution in [0.3, 0.4) is 0 Å². The summed E-state index contributed by atoms with van der Waals surface area (Å²) < 4.78 is 18.1. The van der Waals surface area contributed by atoms with Gasteiger partial charge in [-0.05, 0) is 47.9 Å². The van der Waals surface area contributed by atoms with Crippen molar-refractivity contribution < 1.29 is 8.81 Å². The molecule has 0 saturated carbocycles. The Morgan fingerprint density at radius 3 is 2.75 bits per heavy atom. The molecule has 0 aliphatic rings. The van der Waals surface area contributed by atoms with Crippen LogP contribution < -0.4 is 5.73 Å². The van der Waals surface area contributed by atoms with E-state index in [4.69, 9.17) is 21.8 Å². The van der Waals surface area contributed by atoms with Gasteiger partial charge in [-0.25, -0.2) is 4.39 Å². The Morgan fingerprint density at radius 2 is 2.12 bits per heavy atom. The standard InChI is InChI=1S/C12H11ClFNO/c13-12-5-4-11(16-12)10(15)7-8-2-1-3-9(14)6-8/h1-6,10H,7,15H2. The largest absolute Gasteiger partial charge is 0.448 e. The van der Waals surface area contributed by atoms with Gasteiger partial charge >= 0.3 is 0 Å². The third kappa shape index (κ3) is 2.62. The lowest BCUT2D eigenvalue weighted by Crippen LogP contribution is -2.12. The fourth-order valence-corrected chi connectivity index (χ4v) is 1.70. The molecule has 0 bridgehead atoms. The first-order valence-electron chi connectivity index (χ1n) is 4.90. The molecule has 0 radical (unpaired) electrons. The highest BCUT2D eigenvalue weighted by Gasteiger charge is 2.11. The number of nitrogens with two attached hydrogens (primary N) is 1. The summed E-state index contributed by atoms with van der Waals surface area (Å²) in [4.78, 5) is 0. The van der Waals surface area contributed by atoms with Crippen LogP contribution in [0.15, 0.2) is 40.8 Å². The SMILES string of the molecule is NC(Cc1cccc(F)c1)c1ccc(Cl)o1. The van der Waals surface area contributed by atoms with Gasteiger partial charge in [0.1, 0.15) is 11.6 Å². The van der Waals surface area contributed by atoms with Gasteiger partial charge in [0.25, 0.3) is 0 Å². The lowest BCUT2D eigenvalue weighted by Gasteiger charge is -2.08. The summed E-state index contributed by atoms with van der Waals surface area (Å²) in [6.45, 7) is 0. The van der Waals surface area contributed by atoms with E-state index >= 15 is 0 Å². The van der Waals surface area contributed by atoms with E-state index in [0.717, 1.165) is 5.56 Å². The maximum atomic E-state index is 12.9. The van der Waals surface area contributed by atoms with Crippen LogP contribution in [0.1, 0.15) is 17.4 Å². The minimum absolute atomic E-state index is 0.262. The number of furan rings is 1. The van der Waals surface area contributed by atoms with Crippen LogP contribution in [0.25, 0.3) is 0 Å². The molecule has 1 unspecified atom stereocenters. The molecule has 2 aromatic rings. The Bertz CT molecular complexity index is 483. The molecule has 1 heterocycles. The van der Waals surface area contributed by atoms with Gasteiger partial charge < -0.3 is 10.2 Å². The third-order valence-corrected chi connectivity index (χ3v) is 2.51. The van der Waals surface area contributed by atoms with E-state index in [-0.39, 0.29) is 11.9 Å². The molecule has 2 rings (SSSR count). The van der Waals surface area contributed by atoms with Crippen molar-refractivity contribution in [3.63, 3.8) is 0 Å². The highest BCUT2D eigenvalue weighted by Crippen LogP contribution is 2.21. The smallest absolute Gasteiger partial charge is 0.193 e. The number of hydrogen-bond acceptors (Lipinski definition) is 2. The molecule has 0 aliphatic heterocycles. The molecule has 2 N–H and O–H groups in total. The number of hydrogen-bond donors (Lipinski definition) is 1. The Labute approximate surface area is 97.8 Å². The van der Waals surface area contributed by atoms with Crippen molar-refractivity contribution in [2.75, 3.05) is 0 Å². The van der Waals surface area contributed by atoms with E-state index in [1.807, 2.05) is 6.07 Å². The Balaban J connectivity index is 2.10. The molecule has 1 aromatic carbocycles. The topological polar surface area (TPSA) is 39.2 Å². The molecule has 0 amide bonds. The predicted octanol–water partition coefficient (Wildman–Crippen LogP) is 3.31. The van der Waals surface area contributed by atoms with Crippen molar-refractivity contribution in [2.45, 2.75) is 12.5 Å². The maximum absolute atomic E-state index is 12.9. The Kier molecular flexibility index (Phi) is 3.27. The molecule has 2 nitrogen and oxygen atoms in total. The average molecular weight is 240 g/mol. The molecule has 1 aromatic heterocycles. The van der Waals surface area contributed by atoms with Crippen LogP contribution in [-0.2, 0) is 6.42 Å². The van der Waals surface area contributed by atoms with E-state index in [2.05, 4.69) is 0 Å². The summed E-state index contributed by atoms with van der Waals surface area (Å²) in [6.07, 6.45) is 0.515. The first-order valence-corrected chi connectivity index (χ1v) is 5.28. The number of benzene rings is 1. The molecular weight excluding hydrogens is 229 g/mol. The number of halogens is 2. The Morgan fingerprint density at radius 1 is 1.31 bits per heavy atom. The fourth-order valence-electron chi connectivity index (χ4n) is 1.55. The number of rotatable bonds is 3. The normalized spacial score (nSPS) is 12.7. The van der Waals surface area contributed by atoms with Gasteiger partial charge in [0.15, 0.2) is 5.22 Å². The van der Waals surface area contributed by atoms with Crippen molar-refractivity contribution in [1.82, 2.24) is 0 Å². The van der Waals surface area contributed by atoms with Crippen molar-refractivity contribution >= 4 is 11.6 Å². The second-order valence-electron chi connectivity index (χ2n) is 3.58. The molecule has 0 spiro atoms. The van der Waals surface area contributed by atoms with Crippen LogP contribution in [0, 0.1) is 5.82 Å². The van der Waals surface area contributed by atoms with Crippen LogP contribution in [0.4, 0.5) is 4.39 Å². The van der Waals surface area contributed by atoms with E-state index in [1.165, 1.54) is 12.1 Å². The molecule has 0 saturated heterocycles. The maximum Gasteiger partial charge on any atom is 0.193 e. The summed E-state index contributed by atoms with van der Waals surface area (Å²) in [7, 11) is 0. The zero-order chi connectivity index (χ0) is 11.5. The van der Waals surface area contributed by atoms with Crippen molar-refractivity contribution in [2.24, 2.45) is 5.73 Å². The molecule has 1 atom stereocenters. The van der Waals surface area contributed by atoms with Crippen molar-refractivity contribution in [3.8, 4) is 0 Å². The van der Waals surface area contributed by atoms with E-state index in [1.54, 1.807) is 18.2 Å². The summed E-state index contributed by atoms with van der Waals surface area (Å²) >= 11 is 5.65. The predicted molar refractivity (Wildman–Crippen MR) is 60.8 cm³/mol. The van der Waals surface area contributed by atoms with Crippen LogP contribution in [0.5, 0.6) is 0 Å². The lowest BCUT2D eigenvalue weighted by atomic mass is 10.0. The van der Waals surface area contributed by atoms with Gasteiger partial charge in [-0.15, -0.1) is 0 Å². The van der Waals surface area contributed by atoms with E-state index < -0.39 is 0 Å². The highest BCUT2D eigenvalue weighted by molar-refractivity contribution is 6.28. The summed E-state index contributed by atoms with van der Waals surface area (Å²) in [5, 5.41) is 0.310. The molecule has 4 heteroatoms. The molecular formula is C12H11ClFNO. The van der Waals surface area contributed by atoms with E-state index in [0.29, 0.717) is 17.4 Å². The lowest BCUT2D eigenvalue weighted by molar-refractivity contribution is 0.465. The van der Waals surface area contributed by atoms with Gasteiger partial charge in [0.2, 0.25) is 0 Å². The summed E-state index contributed by atoms with van der Waals surface area (Å²) in [6, 6.07) is 9.41. The van der Waals surface area contributed by atoms with Gasteiger partial charge in [-0.1, -0.05) is 12.1 Å². The quantitative estimate of drug-likeness (QED) is 0.893. The van der Waals surface area contributed by atoms with Gasteiger partial charge in [0, 0.05) is 0 Å². The van der Waals surface area contributed by atoms with Crippen molar-refractivity contribution in [3.05, 3.63) is 58.8 Å². The fraction of sp³-hybridized carbons (Fsp3) is 0.167. The second kappa shape index (κ2) is 4.68. The van der Waals surface area contributed by atoms with Crippen LogP contribution >= 0.6 is 11.6 Å². The monoisotopic (exact) mass is 239 g/mol. The third-order valence-electron chi connectivity index (χ3n) is 2.30. The Hall–Kier alpha value is -1.32.